The summed E-state index contributed by atoms with van der Waals surface area (Å²) in [4.78, 5) is 101. The molecule has 5 amide bonds. The van der Waals surface area contributed by atoms with Crippen molar-refractivity contribution in [2.24, 2.45) is 29.0 Å². The van der Waals surface area contributed by atoms with E-state index in [2.05, 4.69) is 26.6 Å². The van der Waals surface area contributed by atoms with Crippen LogP contribution in [0.25, 0.3) is 0 Å². The molecule has 0 radical (unpaired) electrons. The number of hydrogen-bond donors (Lipinski definition) is 11. The van der Waals surface area contributed by atoms with Crippen LogP contribution in [0.15, 0.2) is 0 Å². The van der Waals surface area contributed by atoms with Crippen LogP contribution in [0.4, 0.5) is 0 Å². The minimum atomic E-state index is -1.50. The number of unbranched alkanes of at least 4 members (excludes halogenated alkanes) is 2. The Bertz CT molecular complexity index is 1200. The molecule has 0 fully saturated rings. The molecule has 0 aliphatic heterocycles. The second-order valence-corrected chi connectivity index (χ2v) is 13.3. The summed E-state index contributed by atoms with van der Waals surface area (Å²) in [5, 5.41) is 40.5. The number of carbonyl (C=O) groups excluding carboxylic acids is 5. The summed E-state index contributed by atoms with van der Waals surface area (Å²) in [5.41, 5.74) is 16.8. The van der Waals surface area contributed by atoms with Gasteiger partial charge in [0.1, 0.15) is 30.2 Å². The zero-order valence-corrected chi connectivity index (χ0v) is 30.7. The first-order valence-electron chi connectivity index (χ1n) is 17.7. The standard InChI is InChI=1S/C33H60N8O11/c1-5-19(4)27(33(51)52)41-31(49)22(11-7-9-15-35)38-32(50)24(16-18(2)3)40-30(48)23(12-13-25(42)43)39-29(47)21(10-6-8-14-34)37-28(46)20(36)17-26(44)45/h18-24,27H,5-17,34-36H2,1-4H3,(H,37,46)(H,38,50)(H,39,47)(H,40,48)(H,41,49)(H,42,43)(H,44,45)(H,51,52)/t19-,20-,21-,22-,23-,24-,27-/m0/s1. The maximum Gasteiger partial charge on any atom is 0.326 e. The van der Waals surface area contributed by atoms with Gasteiger partial charge in [-0.2, -0.15) is 0 Å². The van der Waals surface area contributed by atoms with Crippen LogP contribution >= 0.6 is 0 Å². The molecule has 0 rings (SSSR count). The molecule has 0 bridgehead atoms. The van der Waals surface area contributed by atoms with Crippen molar-refractivity contribution >= 4 is 47.4 Å². The smallest absolute Gasteiger partial charge is 0.326 e. The molecule has 0 aliphatic carbocycles. The number of carboxylic acids is 3. The molecule has 0 aromatic carbocycles. The minimum Gasteiger partial charge on any atom is -0.481 e. The molecule has 14 N–H and O–H groups in total. The summed E-state index contributed by atoms with van der Waals surface area (Å²) in [6.45, 7) is 7.57. The Labute approximate surface area is 304 Å². The van der Waals surface area contributed by atoms with Crippen LogP contribution in [-0.2, 0) is 38.4 Å². The Kier molecular flexibility index (Phi) is 23.4. The topological polar surface area (TPSA) is 335 Å². The molecule has 52 heavy (non-hydrogen) atoms. The van der Waals surface area contributed by atoms with Gasteiger partial charge in [0.15, 0.2) is 0 Å². The second kappa shape index (κ2) is 25.6. The van der Waals surface area contributed by atoms with E-state index in [4.69, 9.17) is 22.3 Å². The monoisotopic (exact) mass is 744 g/mol. The highest BCUT2D eigenvalue weighted by Crippen LogP contribution is 2.12. The number of hydrogen-bond acceptors (Lipinski definition) is 11. The van der Waals surface area contributed by atoms with E-state index in [1.165, 1.54) is 0 Å². The summed E-state index contributed by atoms with van der Waals surface area (Å²) in [6, 6.07) is -7.91. The van der Waals surface area contributed by atoms with Gasteiger partial charge >= 0.3 is 17.9 Å². The van der Waals surface area contributed by atoms with Gasteiger partial charge < -0.3 is 59.1 Å². The predicted molar refractivity (Wildman–Crippen MR) is 189 cm³/mol. The van der Waals surface area contributed by atoms with Gasteiger partial charge in [-0.25, -0.2) is 4.79 Å². The van der Waals surface area contributed by atoms with E-state index in [0.29, 0.717) is 38.6 Å². The molecular formula is C33H60N8O11. The molecule has 298 valence electrons. The van der Waals surface area contributed by atoms with Crippen molar-refractivity contribution in [2.75, 3.05) is 13.1 Å². The van der Waals surface area contributed by atoms with Crippen LogP contribution < -0.4 is 43.8 Å². The Hall–Kier alpha value is -4.36. The summed E-state index contributed by atoms with van der Waals surface area (Å²) in [7, 11) is 0. The van der Waals surface area contributed by atoms with E-state index in [0.717, 1.165) is 0 Å². The fourth-order valence-electron chi connectivity index (χ4n) is 5.08. The van der Waals surface area contributed by atoms with E-state index < -0.39 is 109 Å². The van der Waals surface area contributed by atoms with E-state index in [-0.39, 0.29) is 31.7 Å². The van der Waals surface area contributed by atoms with Crippen LogP contribution in [0.3, 0.4) is 0 Å². The van der Waals surface area contributed by atoms with Crippen molar-refractivity contribution in [3.8, 4) is 0 Å². The maximum atomic E-state index is 13.7. The lowest BCUT2D eigenvalue weighted by molar-refractivity contribution is -0.144. The Morgan fingerprint density at radius 1 is 0.577 bits per heavy atom. The van der Waals surface area contributed by atoms with Gasteiger partial charge in [-0.15, -0.1) is 0 Å². The number of amides is 5. The van der Waals surface area contributed by atoms with Crippen LogP contribution in [0, 0.1) is 11.8 Å². The van der Waals surface area contributed by atoms with E-state index in [1.54, 1.807) is 27.7 Å². The Morgan fingerprint density at radius 2 is 1.00 bits per heavy atom. The van der Waals surface area contributed by atoms with E-state index >= 15 is 0 Å². The van der Waals surface area contributed by atoms with Gasteiger partial charge in [0.2, 0.25) is 29.5 Å². The van der Waals surface area contributed by atoms with Crippen molar-refractivity contribution in [3.05, 3.63) is 0 Å². The molecule has 19 nitrogen and oxygen atoms in total. The quantitative estimate of drug-likeness (QED) is 0.0407. The second-order valence-electron chi connectivity index (χ2n) is 13.3. The van der Waals surface area contributed by atoms with Crippen LogP contribution in [0.5, 0.6) is 0 Å². The van der Waals surface area contributed by atoms with Crippen molar-refractivity contribution in [2.45, 2.75) is 135 Å². The molecule has 0 aromatic heterocycles. The third-order valence-electron chi connectivity index (χ3n) is 8.29. The molecule has 0 aliphatic rings. The largest absolute Gasteiger partial charge is 0.481 e. The van der Waals surface area contributed by atoms with Crippen LogP contribution in [-0.4, -0.2) is 112 Å². The highest BCUT2D eigenvalue weighted by atomic mass is 16.4. The predicted octanol–water partition coefficient (Wildman–Crippen LogP) is -1.49. The van der Waals surface area contributed by atoms with Crippen molar-refractivity contribution in [1.82, 2.24) is 26.6 Å². The van der Waals surface area contributed by atoms with Gasteiger partial charge in [0.05, 0.1) is 12.5 Å². The van der Waals surface area contributed by atoms with Crippen LogP contribution in [0.2, 0.25) is 0 Å². The average molecular weight is 745 g/mol. The molecular weight excluding hydrogens is 684 g/mol. The third-order valence-corrected chi connectivity index (χ3v) is 8.29. The molecule has 7 atom stereocenters. The number of carboxylic acid groups (broad SMARTS) is 3. The lowest BCUT2D eigenvalue weighted by Crippen LogP contribution is -2.59. The number of nitrogens with two attached hydrogens (primary N) is 3. The fraction of sp³-hybridized carbons (Fsp3) is 0.758. The average Bonchev–Trinajstić information content (AvgIpc) is 3.06. The normalized spacial score (nSPS) is 15.2. The zero-order valence-electron chi connectivity index (χ0n) is 30.7. The summed E-state index contributed by atoms with van der Waals surface area (Å²) < 4.78 is 0. The van der Waals surface area contributed by atoms with Gasteiger partial charge in [-0.3, -0.25) is 33.6 Å². The summed E-state index contributed by atoms with van der Waals surface area (Å²) >= 11 is 0. The third kappa shape index (κ3) is 19.3. The lowest BCUT2D eigenvalue weighted by Gasteiger charge is -2.28. The first-order chi connectivity index (χ1) is 24.4. The Balaban J connectivity index is 6.28. The van der Waals surface area contributed by atoms with Gasteiger partial charge in [-0.1, -0.05) is 34.1 Å². The number of aliphatic carboxylic acids is 3. The van der Waals surface area contributed by atoms with E-state index in [1.807, 2.05) is 0 Å². The first kappa shape index (κ1) is 47.6. The SMILES string of the molecule is CC[C@H](C)[C@H](NC(=O)[C@H](CCCCN)NC(=O)[C@H](CC(C)C)NC(=O)[C@H](CCC(=O)O)NC(=O)[C@H](CCCCN)NC(=O)[C@@H](N)CC(=O)O)C(=O)O. The minimum absolute atomic E-state index is 0.0353. The lowest BCUT2D eigenvalue weighted by atomic mass is 9.98. The van der Waals surface area contributed by atoms with E-state index in [9.17, 15) is 48.6 Å². The number of rotatable bonds is 28. The first-order valence-corrected chi connectivity index (χ1v) is 17.7. The summed E-state index contributed by atoms with van der Waals surface area (Å²) in [5.74, 6) is -8.68. The zero-order chi connectivity index (χ0) is 40.0. The maximum absolute atomic E-state index is 13.7. The van der Waals surface area contributed by atoms with Gasteiger partial charge in [-0.05, 0) is 76.3 Å². The van der Waals surface area contributed by atoms with Crippen molar-refractivity contribution in [1.29, 1.82) is 0 Å². The molecule has 0 heterocycles. The highest BCUT2D eigenvalue weighted by molar-refractivity contribution is 5.96. The number of nitrogens with one attached hydrogen (secondary N) is 5. The van der Waals surface area contributed by atoms with Crippen LogP contribution in [0.1, 0.15) is 98.3 Å². The molecule has 19 heteroatoms. The van der Waals surface area contributed by atoms with Crippen molar-refractivity contribution in [3.63, 3.8) is 0 Å². The van der Waals surface area contributed by atoms with Gasteiger partial charge in [0.25, 0.3) is 0 Å². The van der Waals surface area contributed by atoms with Gasteiger partial charge in [0, 0.05) is 6.42 Å². The number of carbonyl (C=O) groups is 8. The molecule has 0 saturated heterocycles. The molecule has 0 unspecified atom stereocenters. The highest BCUT2D eigenvalue weighted by Gasteiger charge is 2.34. The van der Waals surface area contributed by atoms with Crippen molar-refractivity contribution < 1.29 is 53.7 Å². The molecule has 0 spiro atoms. The fourth-order valence-corrected chi connectivity index (χ4v) is 5.08. The summed E-state index contributed by atoms with van der Waals surface area (Å²) in [6.07, 6.45) is 0.779. The molecule has 0 saturated carbocycles. The Morgan fingerprint density at radius 3 is 1.40 bits per heavy atom. The molecule has 0 aromatic rings.